The van der Waals surface area contributed by atoms with E-state index < -0.39 is 0 Å². The van der Waals surface area contributed by atoms with Gasteiger partial charge in [0, 0.05) is 43.3 Å². The first-order chi connectivity index (χ1) is 13.2. The number of nitrogens with one attached hydrogen (secondary N) is 2. The van der Waals surface area contributed by atoms with E-state index in [1.807, 2.05) is 43.3 Å². The third-order valence-electron chi connectivity index (χ3n) is 4.82. The molecule has 2 heterocycles. The lowest BCUT2D eigenvalue weighted by Crippen LogP contribution is -2.44. The molecule has 1 saturated heterocycles. The standard InChI is InChI=1S/C20H28N4O3/c1-2-21-19(23-14-20(8-10-25)9-11-26-15-20)22-13-17-12-18(27-24-17)16-6-4-3-5-7-16/h3-7,12,25H,2,8-11,13-15H2,1H3,(H2,21,22,23). The highest BCUT2D eigenvalue weighted by Gasteiger charge is 2.34. The van der Waals surface area contributed by atoms with Crippen LogP contribution in [0.3, 0.4) is 0 Å². The van der Waals surface area contributed by atoms with E-state index >= 15 is 0 Å². The minimum Gasteiger partial charge on any atom is -0.396 e. The van der Waals surface area contributed by atoms with Crippen LogP contribution in [0, 0.1) is 5.41 Å². The van der Waals surface area contributed by atoms with Gasteiger partial charge in [0.15, 0.2) is 11.7 Å². The quantitative estimate of drug-likeness (QED) is 0.486. The number of nitrogens with zero attached hydrogens (tertiary/aromatic N) is 2. The molecule has 7 heteroatoms. The predicted molar refractivity (Wildman–Crippen MR) is 104 cm³/mol. The SMILES string of the molecule is CCNC(=NCc1cc(-c2ccccc2)on1)NCC1(CCO)CCOC1. The van der Waals surface area contributed by atoms with E-state index in [4.69, 9.17) is 9.26 Å². The van der Waals surface area contributed by atoms with Gasteiger partial charge in [0.2, 0.25) is 0 Å². The lowest BCUT2D eigenvalue weighted by atomic mass is 9.84. The van der Waals surface area contributed by atoms with E-state index in [1.54, 1.807) is 0 Å². The van der Waals surface area contributed by atoms with Crippen molar-refractivity contribution in [1.29, 1.82) is 0 Å². The van der Waals surface area contributed by atoms with Crippen molar-refractivity contribution in [3.8, 4) is 11.3 Å². The minimum absolute atomic E-state index is 0.0285. The van der Waals surface area contributed by atoms with E-state index in [-0.39, 0.29) is 12.0 Å². The zero-order valence-corrected chi connectivity index (χ0v) is 15.8. The fourth-order valence-electron chi connectivity index (χ4n) is 3.21. The van der Waals surface area contributed by atoms with Crippen LogP contribution in [0.4, 0.5) is 0 Å². The summed E-state index contributed by atoms with van der Waals surface area (Å²) in [6.07, 6.45) is 1.67. The summed E-state index contributed by atoms with van der Waals surface area (Å²) in [4.78, 5) is 4.61. The number of aliphatic imine (C=N–C) groups is 1. The van der Waals surface area contributed by atoms with Gasteiger partial charge in [-0.05, 0) is 19.8 Å². The fourth-order valence-corrected chi connectivity index (χ4v) is 3.21. The molecule has 3 N–H and O–H groups in total. The number of ether oxygens (including phenoxy) is 1. The van der Waals surface area contributed by atoms with Crippen LogP contribution in [-0.4, -0.2) is 49.1 Å². The Hall–Kier alpha value is -2.38. The van der Waals surface area contributed by atoms with E-state index in [9.17, 15) is 5.11 Å². The van der Waals surface area contributed by atoms with Gasteiger partial charge in [0.25, 0.3) is 0 Å². The Morgan fingerprint density at radius 2 is 2.15 bits per heavy atom. The number of benzene rings is 1. The number of aliphatic hydroxyl groups is 1. The summed E-state index contributed by atoms with van der Waals surface area (Å²) in [6.45, 7) is 5.52. The molecule has 1 aromatic heterocycles. The highest BCUT2D eigenvalue weighted by atomic mass is 16.5. The predicted octanol–water partition coefficient (Wildman–Crippen LogP) is 2.19. The summed E-state index contributed by atoms with van der Waals surface area (Å²) in [5.74, 6) is 1.47. The second-order valence-electron chi connectivity index (χ2n) is 6.87. The number of hydrogen-bond acceptors (Lipinski definition) is 5. The Balaban J connectivity index is 1.61. The molecule has 0 radical (unpaired) electrons. The van der Waals surface area contributed by atoms with Crippen molar-refractivity contribution in [2.45, 2.75) is 26.3 Å². The average molecular weight is 372 g/mol. The Labute approximate surface area is 159 Å². The average Bonchev–Trinajstić information content (AvgIpc) is 3.35. The first-order valence-corrected chi connectivity index (χ1v) is 9.46. The summed E-state index contributed by atoms with van der Waals surface area (Å²) >= 11 is 0. The van der Waals surface area contributed by atoms with Crippen molar-refractivity contribution in [2.24, 2.45) is 10.4 Å². The Morgan fingerprint density at radius 3 is 2.85 bits per heavy atom. The number of guanidine groups is 1. The van der Waals surface area contributed by atoms with Crippen molar-refractivity contribution < 1.29 is 14.4 Å². The molecular formula is C20H28N4O3. The van der Waals surface area contributed by atoms with Crippen LogP contribution in [-0.2, 0) is 11.3 Å². The van der Waals surface area contributed by atoms with Crippen LogP contribution >= 0.6 is 0 Å². The molecule has 1 aromatic carbocycles. The molecule has 1 aliphatic heterocycles. The van der Waals surface area contributed by atoms with Gasteiger partial charge in [-0.1, -0.05) is 35.5 Å². The molecule has 7 nitrogen and oxygen atoms in total. The summed E-state index contributed by atoms with van der Waals surface area (Å²) in [5, 5.41) is 20.1. The highest BCUT2D eigenvalue weighted by Crippen LogP contribution is 2.31. The summed E-state index contributed by atoms with van der Waals surface area (Å²) in [5.41, 5.74) is 1.75. The molecule has 0 bridgehead atoms. The van der Waals surface area contributed by atoms with Crippen molar-refractivity contribution in [2.75, 3.05) is 32.9 Å². The molecule has 2 aromatic rings. The Morgan fingerprint density at radius 1 is 1.30 bits per heavy atom. The number of aliphatic hydroxyl groups excluding tert-OH is 1. The fraction of sp³-hybridized carbons (Fsp3) is 0.500. The van der Waals surface area contributed by atoms with Crippen LogP contribution in [0.1, 0.15) is 25.5 Å². The van der Waals surface area contributed by atoms with Gasteiger partial charge in [-0.25, -0.2) is 4.99 Å². The maximum Gasteiger partial charge on any atom is 0.191 e. The summed E-state index contributed by atoms with van der Waals surface area (Å²) < 4.78 is 11.0. The van der Waals surface area contributed by atoms with Crippen LogP contribution in [0.2, 0.25) is 0 Å². The zero-order valence-electron chi connectivity index (χ0n) is 15.8. The molecule has 1 unspecified atom stereocenters. The summed E-state index contributed by atoms with van der Waals surface area (Å²) in [7, 11) is 0. The first kappa shape index (κ1) is 19.4. The van der Waals surface area contributed by atoms with E-state index in [0.717, 1.165) is 49.0 Å². The third-order valence-corrected chi connectivity index (χ3v) is 4.82. The van der Waals surface area contributed by atoms with Crippen molar-refractivity contribution >= 4 is 5.96 Å². The van der Waals surface area contributed by atoms with Crippen molar-refractivity contribution in [3.63, 3.8) is 0 Å². The van der Waals surface area contributed by atoms with E-state index in [2.05, 4.69) is 20.8 Å². The third kappa shape index (κ3) is 5.30. The molecule has 0 saturated carbocycles. The zero-order chi connectivity index (χ0) is 19.0. The first-order valence-electron chi connectivity index (χ1n) is 9.46. The van der Waals surface area contributed by atoms with Gasteiger partial charge in [0.1, 0.15) is 5.69 Å². The van der Waals surface area contributed by atoms with Crippen LogP contribution in [0.25, 0.3) is 11.3 Å². The smallest absolute Gasteiger partial charge is 0.191 e. The van der Waals surface area contributed by atoms with Crippen LogP contribution < -0.4 is 10.6 Å². The monoisotopic (exact) mass is 372 g/mol. The van der Waals surface area contributed by atoms with Gasteiger partial charge in [-0.2, -0.15) is 0 Å². The molecule has 3 rings (SSSR count). The molecule has 0 spiro atoms. The topological polar surface area (TPSA) is 91.9 Å². The second kappa shape index (κ2) is 9.53. The second-order valence-corrected chi connectivity index (χ2v) is 6.87. The van der Waals surface area contributed by atoms with Gasteiger partial charge in [-0.15, -0.1) is 0 Å². The van der Waals surface area contributed by atoms with E-state index in [0.29, 0.717) is 19.7 Å². The lowest BCUT2D eigenvalue weighted by molar-refractivity contribution is 0.127. The Bertz CT molecular complexity index is 724. The van der Waals surface area contributed by atoms with Crippen molar-refractivity contribution in [1.82, 2.24) is 15.8 Å². The lowest BCUT2D eigenvalue weighted by Gasteiger charge is -2.27. The molecular weight excluding hydrogens is 344 g/mol. The number of aromatic nitrogens is 1. The van der Waals surface area contributed by atoms with Gasteiger partial charge in [0.05, 0.1) is 13.2 Å². The van der Waals surface area contributed by atoms with Crippen LogP contribution in [0.15, 0.2) is 45.9 Å². The number of hydrogen-bond donors (Lipinski definition) is 3. The van der Waals surface area contributed by atoms with E-state index in [1.165, 1.54) is 0 Å². The normalized spacial score (nSPS) is 20.0. The molecule has 146 valence electrons. The minimum atomic E-state index is -0.0285. The molecule has 1 aliphatic rings. The maximum absolute atomic E-state index is 9.36. The number of rotatable bonds is 8. The molecule has 27 heavy (non-hydrogen) atoms. The Kier molecular flexibility index (Phi) is 6.84. The van der Waals surface area contributed by atoms with Crippen LogP contribution in [0.5, 0.6) is 0 Å². The molecule has 1 fully saturated rings. The molecule has 0 aliphatic carbocycles. The molecule has 0 amide bonds. The van der Waals surface area contributed by atoms with Gasteiger partial charge in [-0.3, -0.25) is 0 Å². The van der Waals surface area contributed by atoms with Gasteiger partial charge < -0.3 is 25.0 Å². The van der Waals surface area contributed by atoms with Gasteiger partial charge >= 0.3 is 0 Å². The maximum atomic E-state index is 9.36. The van der Waals surface area contributed by atoms with Crippen molar-refractivity contribution in [3.05, 3.63) is 42.1 Å². The molecule has 1 atom stereocenters. The summed E-state index contributed by atoms with van der Waals surface area (Å²) in [6, 6.07) is 11.8. The largest absolute Gasteiger partial charge is 0.396 e. The highest BCUT2D eigenvalue weighted by molar-refractivity contribution is 5.79.